The van der Waals surface area contributed by atoms with Gasteiger partial charge in [-0.05, 0) is 12.8 Å². The fraction of sp³-hybridized carbons (Fsp3) is 0.914. The van der Waals surface area contributed by atoms with E-state index in [1.165, 1.54) is 103 Å². The quantitative estimate of drug-likeness (QED) is 0.0396. The lowest BCUT2D eigenvalue weighted by Gasteiger charge is -2.34. The molecule has 0 spiro atoms. The first-order chi connectivity index (χ1) is 20.2. The van der Waals surface area contributed by atoms with Gasteiger partial charge in [0.15, 0.2) is 11.6 Å². The van der Waals surface area contributed by atoms with E-state index in [0.29, 0.717) is 12.8 Å². The van der Waals surface area contributed by atoms with Gasteiger partial charge in [0.1, 0.15) is 0 Å². The van der Waals surface area contributed by atoms with Crippen molar-refractivity contribution in [2.24, 2.45) is 5.73 Å². The number of unbranched alkanes of at least 4 members (excludes halogenated alkanes) is 24. The van der Waals surface area contributed by atoms with E-state index < -0.39 is 28.1 Å². The first-order valence-electron chi connectivity index (χ1n) is 17.7. The van der Waals surface area contributed by atoms with Gasteiger partial charge in [-0.15, -0.1) is 0 Å². The summed E-state index contributed by atoms with van der Waals surface area (Å²) >= 11 is 6.03. The van der Waals surface area contributed by atoms with Crippen molar-refractivity contribution in [1.29, 1.82) is 0 Å². The highest BCUT2D eigenvalue weighted by Gasteiger charge is 2.61. The SMILES string of the molecule is CCCCCCCCCCCCCCCC(=O)C(O)(Cl)C(O)(C(N)=O)C(=O)CCCCCCCCCCCCCCC. The number of halogens is 1. The summed E-state index contributed by atoms with van der Waals surface area (Å²) < 4.78 is 0. The molecule has 0 saturated heterocycles. The second-order valence-corrected chi connectivity index (χ2v) is 13.1. The van der Waals surface area contributed by atoms with Crippen molar-refractivity contribution >= 4 is 29.1 Å². The van der Waals surface area contributed by atoms with E-state index in [4.69, 9.17) is 17.3 Å². The molecule has 1 amide bonds. The Morgan fingerprint density at radius 1 is 0.476 bits per heavy atom. The van der Waals surface area contributed by atoms with E-state index in [1.807, 2.05) is 0 Å². The van der Waals surface area contributed by atoms with Crippen LogP contribution < -0.4 is 5.73 Å². The molecule has 0 aromatic heterocycles. The lowest BCUT2D eigenvalue weighted by Crippen LogP contribution is -2.67. The molecule has 248 valence electrons. The molecule has 0 aliphatic rings. The summed E-state index contributed by atoms with van der Waals surface area (Å²) in [6.07, 6.45) is 29.3. The van der Waals surface area contributed by atoms with Crippen molar-refractivity contribution in [3.63, 3.8) is 0 Å². The normalized spacial score (nSPS) is 14.4. The Bertz CT molecular complexity index is 699. The minimum Gasteiger partial charge on any atom is -0.370 e. The number of ketones is 2. The molecule has 2 atom stereocenters. The predicted octanol–water partition coefficient (Wildman–Crippen LogP) is 9.23. The smallest absolute Gasteiger partial charge is 0.262 e. The van der Waals surface area contributed by atoms with Gasteiger partial charge in [-0.3, -0.25) is 14.4 Å². The Kier molecular flexibility index (Phi) is 25.8. The summed E-state index contributed by atoms with van der Waals surface area (Å²) in [4.78, 5) is 37.6. The molecule has 4 N–H and O–H groups in total. The topological polar surface area (TPSA) is 118 Å². The molecule has 0 radical (unpaired) electrons. The third-order valence-electron chi connectivity index (χ3n) is 8.62. The number of carbonyl (C=O) groups is 3. The third-order valence-corrected chi connectivity index (χ3v) is 9.11. The van der Waals surface area contributed by atoms with Crippen LogP contribution in [0, 0.1) is 0 Å². The van der Waals surface area contributed by atoms with Crippen LogP contribution in [0.15, 0.2) is 0 Å². The van der Waals surface area contributed by atoms with Crippen LogP contribution in [0.4, 0.5) is 0 Å². The molecule has 0 heterocycles. The van der Waals surface area contributed by atoms with Crippen LogP contribution >= 0.6 is 11.6 Å². The zero-order valence-corrected chi connectivity index (χ0v) is 28.1. The number of carbonyl (C=O) groups excluding carboxylic acids is 3. The van der Waals surface area contributed by atoms with Crippen LogP contribution in [0.5, 0.6) is 0 Å². The Hall–Kier alpha value is -0.980. The van der Waals surface area contributed by atoms with Gasteiger partial charge in [0.2, 0.25) is 5.06 Å². The number of nitrogens with two attached hydrogens (primary N) is 1. The first-order valence-corrected chi connectivity index (χ1v) is 18.0. The second kappa shape index (κ2) is 26.4. The molecule has 0 rings (SSSR count). The highest BCUT2D eigenvalue weighted by Crippen LogP contribution is 2.32. The van der Waals surface area contributed by atoms with Gasteiger partial charge in [0.05, 0.1) is 0 Å². The number of rotatable bonds is 32. The lowest BCUT2D eigenvalue weighted by atomic mass is 9.84. The number of primary amides is 1. The molecule has 0 bridgehead atoms. The fourth-order valence-corrected chi connectivity index (χ4v) is 5.93. The molecule has 0 aliphatic heterocycles. The van der Waals surface area contributed by atoms with E-state index in [0.717, 1.165) is 51.4 Å². The summed E-state index contributed by atoms with van der Waals surface area (Å²) in [5.74, 6) is -3.42. The van der Waals surface area contributed by atoms with Gasteiger partial charge in [0, 0.05) is 12.8 Å². The molecule has 0 aliphatic carbocycles. The number of aliphatic hydroxyl groups is 2. The number of alkyl halides is 1. The maximum atomic E-state index is 12.8. The Labute approximate surface area is 263 Å². The molecular formula is C35H66ClNO5. The van der Waals surface area contributed by atoms with Crippen LogP contribution in [-0.4, -0.2) is 38.3 Å². The molecule has 0 fully saturated rings. The largest absolute Gasteiger partial charge is 0.370 e. The van der Waals surface area contributed by atoms with Crippen molar-refractivity contribution in [3.05, 3.63) is 0 Å². The third kappa shape index (κ3) is 18.0. The van der Waals surface area contributed by atoms with Gasteiger partial charge in [-0.1, -0.05) is 180 Å². The summed E-state index contributed by atoms with van der Waals surface area (Å²) in [7, 11) is 0. The first kappa shape index (κ1) is 41.0. The number of hydrogen-bond donors (Lipinski definition) is 3. The highest BCUT2D eigenvalue weighted by atomic mass is 35.5. The molecule has 0 aromatic rings. The van der Waals surface area contributed by atoms with Crippen molar-refractivity contribution in [2.75, 3.05) is 0 Å². The number of hydrogen-bond acceptors (Lipinski definition) is 5. The van der Waals surface area contributed by atoms with Gasteiger partial charge < -0.3 is 15.9 Å². The van der Waals surface area contributed by atoms with E-state index in [2.05, 4.69) is 13.8 Å². The van der Waals surface area contributed by atoms with E-state index in [9.17, 15) is 24.6 Å². The predicted molar refractivity (Wildman–Crippen MR) is 176 cm³/mol. The minimum atomic E-state index is -3.13. The van der Waals surface area contributed by atoms with E-state index >= 15 is 0 Å². The van der Waals surface area contributed by atoms with Crippen molar-refractivity contribution in [3.8, 4) is 0 Å². The van der Waals surface area contributed by atoms with E-state index in [-0.39, 0.29) is 12.8 Å². The maximum Gasteiger partial charge on any atom is 0.262 e. The van der Waals surface area contributed by atoms with Crippen LogP contribution in [0.2, 0.25) is 0 Å². The van der Waals surface area contributed by atoms with Crippen LogP contribution in [0.3, 0.4) is 0 Å². The Morgan fingerprint density at radius 2 is 0.714 bits per heavy atom. The van der Waals surface area contributed by atoms with Crippen molar-refractivity contribution in [2.45, 2.75) is 204 Å². The fourth-order valence-electron chi connectivity index (χ4n) is 5.64. The van der Waals surface area contributed by atoms with Crippen LogP contribution in [-0.2, 0) is 14.4 Å². The molecular weight excluding hydrogens is 550 g/mol. The van der Waals surface area contributed by atoms with Gasteiger partial charge >= 0.3 is 0 Å². The summed E-state index contributed by atoms with van der Waals surface area (Å²) in [6, 6.07) is 0. The molecule has 0 saturated carbocycles. The second-order valence-electron chi connectivity index (χ2n) is 12.5. The van der Waals surface area contributed by atoms with Gasteiger partial charge in [0.25, 0.3) is 11.5 Å². The van der Waals surface area contributed by atoms with E-state index in [1.54, 1.807) is 0 Å². The van der Waals surface area contributed by atoms with Crippen molar-refractivity contribution < 1.29 is 24.6 Å². The monoisotopic (exact) mass is 615 g/mol. The lowest BCUT2D eigenvalue weighted by molar-refractivity contribution is -0.174. The summed E-state index contributed by atoms with van der Waals surface area (Å²) in [5, 5.41) is 18.5. The highest BCUT2D eigenvalue weighted by molar-refractivity contribution is 6.39. The molecule has 7 heteroatoms. The Morgan fingerprint density at radius 3 is 0.976 bits per heavy atom. The maximum absolute atomic E-state index is 12.8. The van der Waals surface area contributed by atoms with Crippen LogP contribution in [0.1, 0.15) is 194 Å². The average molecular weight is 616 g/mol. The van der Waals surface area contributed by atoms with Gasteiger partial charge in [-0.2, -0.15) is 0 Å². The van der Waals surface area contributed by atoms with Crippen LogP contribution in [0.25, 0.3) is 0 Å². The molecule has 0 aromatic carbocycles. The Balaban J connectivity index is 4.18. The minimum absolute atomic E-state index is 0.126. The molecule has 42 heavy (non-hydrogen) atoms. The standard InChI is InChI=1S/C35H66ClNO5/c1-3-5-7-9-11-13-15-17-19-21-23-25-27-29-31(38)34(41,33(37)40)35(36,42)32(39)30-28-26-24-22-20-18-16-14-12-10-8-6-4-2/h41-42H,3-30H2,1-2H3,(H2,37,40). The number of Topliss-reactive ketones (excluding diaryl/α,β-unsaturated/α-hetero) is 2. The zero-order chi connectivity index (χ0) is 31.5. The average Bonchev–Trinajstić information content (AvgIpc) is 2.96. The summed E-state index contributed by atoms with van der Waals surface area (Å²) in [6.45, 7) is 4.46. The van der Waals surface area contributed by atoms with Gasteiger partial charge in [-0.25, -0.2) is 0 Å². The zero-order valence-electron chi connectivity index (χ0n) is 27.4. The molecule has 6 nitrogen and oxygen atoms in total. The van der Waals surface area contributed by atoms with Crippen molar-refractivity contribution in [1.82, 2.24) is 0 Å². The molecule has 2 unspecified atom stereocenters. The number of amides is 1. The summed E-state index contributed by atoms with van der Waals surface area (Å²) in [5.41, 5.74) is 2.18.